The summed E-state index contributed by atoms with van der Waals surface area (Å²) in [6.45, 7) is 2.07. The molecule has 96 valence electrons. The molecule has 1 aromatic heterocycles. The molecule has 1 aromatic carbocycles. The van der Waals surface area contributed by atoms with Crippen molar-refractivity contribution in [2.45, 2.75) is 25.8 Å². The van der Waals surface area contributed by atoms with E-state index in [9.17, 15) is 0 Å². The number of aryl methyl sites for hydroxylation is 3. The quantitative estimate of drug-likeness (QED) is 0.922. The molecule has 0 amide bonds. The van der Waals surface area contributed by atoms with Crippen LogP contribution in [0.5, 0.6) is 0 Å². The Morgan fingerprint density at radius 3 is 2.83 bits per heavy atom. The van der Waals surface area contributed by atoms with E-state index in [0.29, 0.717) is 0 Å². The molecule has 0 aliphatic rings. The van der Waals surface area contributed by atoms with E-state index < -0.39 is 0 Å². The number of benzene rings is 1. The number of rotatable bonds is 4. The van der Waals surface area contributed by atoms with Crippen LogP contribution in [0.25, 0.3) is 0 Å². The van der Waals surface area contributed by atoms with Crippen LogP contribution in [0.2, 0.25) is 5.02 Å². The number of hydrogen-bond donors (Lipinski definition) is 1. The number of aromatic nitrogens is 2. The number of halogens is 1. The highest BCUT2D eigenvalue weighted by Crippen LogP contribution is 2.23. The summed E-state index contributed by atoms with van der Waals surface area (Å²) < 4.78 is 1.89. The molecule has 1 heterocycles. The smallest absolute Gasteiger partial charge is 0.0492 e. The number of hydrogen-bond acceptors (Lipinski definition) is 2. The molecule has 2 N–H and O–H groups in total. The van der Waals surface area contributed by atoms with E-state index in [0.717, 1.165) is 23.4 Å². The van der Waals surface area contributed by atoms with Crippen LogP contribution in [0.15, 0.2) is 30.5 Å². The highest BCUT2D eigenvalue weighted by Gasteiger charge is 2.10. The minimum absolute atomic E-state index is 0.0126. The monoisotopic (exact) mass is 263 g/mol. The van der Waals surface area contributed by atoms with E-state index in [1.807, 2.05) is 42.2 Å². The third kappa shape index (κ3) is 2.92. The predicted octanol–water partition coefficient (Wildman–Crippen LogP) is 3.01. The van der Waals surface area contributed by atoms with Crippen LogP contribution in [0.4, 0.5) is 0 Å². The molecule has 0 aliphatic heterocycles. The van der Waals surface area contributed by atoms with Crippen LogP contribution in [0, 0.1) is 6.92 Å². The third-order valence-corrected chi connectivity index (χ3v) is 3.51. The minimum Gasteiger partial charge on any atom is -0.324 e. The van der Waals surface area contributed by atoms with Crippen LogP contribution in [0.3, 0.4) is 0 Å². The Bertz CT molecular complexity index is 534. The van der Waals surface area contributed by atoms with Gasteiger partial charge in [0, 0.05) is 30.0 Å². The summed E-state index contributed by atoms with van der Waals surface area (Å²) in [5.41, 5.74) is 9.76. The molecule has 1 atom stereocenters. The summed E-state index contributed by atoms with van der Waals surface area (Å²) in [5, 5.41) is 4.90. The minimum atomic E-state index is 0.0126. The molecule has 4 heteroatoms. The Kier molecular flexibility index (Phi) is 4.04. The van der Waals surface area contributed by atoms with Gasteiger partial charge in [0.15, 0.2) is 0 Å². The van der Waals surface area contributed by atoms with Crippen molar-refractivity contribution in [2.75, 3.05) is 0 Å². The maximum Gasteiger partial charge on any atom is 0.0492 e. The van der Waals surface area contributed by atoms with Gasteiger partial charge >= 0.3 is 0 Å². The van der Waals surface area contributed by atoms with Crippen molar-refractivity contribution in [1.82, 2.24) is 9.78 Å². The van der Waals surface area contributed by atoms with E-state index in [1.54, 1.807) is 0 Å². The zero-order chi connectivity index (χ0) is 13.1. The van der Waals surface area contributed by atoms with Gasteiger partial charge in [0.2, 0.25) is 0 Å². The Morgan fingerprint density at radius 1 is 1.39 bits per heavy atom. The molecule has 0 bridgehead atoms. The first kappa shape index (κ1) is 13.1. The molecule has 0 aliphatic carbocycles. The maximum absolute atomic E-state index is 6.24. The molecule has 2 aromatic rings. The van der Waals surface area contributed by atoms with Crippen LogP contribution in [-0.4, -0.2) is 9.78 Å². The summed E-state index contributed by atoms with van der Waals surface area (Å²) in [6.07, 6.45) is 3.62. The van der Waals surface area contributed by atoms with Gasteiger partial charge < -0.3 is 5.73 Å². The summed E-state index contributed by atoms with van der Waals surface area (Å²) in [7, 11) is 1.95. The number of nitrogens with two attached hydrogens (primary N) is 1. The Hall–Kier alpha value is -1.32. The van der Waals surface area contributed by atoms with Gasteiger partial charge in [0.05, 0.1) is 0 Å². The zero-order valence-electron chi connectivity index (χ0n) is 10.7. The molecule has 0 fully saturated rings. The molecular formula is C14H18ClN3. The first-order valence-electron chi connectivity index (χ1n) is 6.06. The average molecular weight is 264 g/mol. The van der Waals surface area contributed by atoms with Crippen molar-refractivity contribution >= 4 is 11.6 Å². The van der Waals surface area contributed by atoms with Gasteiger partial charge in [0.25, 0.3) is 0 Å². The van der Waals surface area contributed by atoms with Crippen molar-refractivity contribution in [3.63, 3.8) is 0 Å². The lowest BCUT2D eigenvalue weighted by Crippen LogP contribution is -2.13. The van der Waals surface area contributed by atoms with Crippen molar-refractivity contribution in [3.05, 3.63) is 52.3 Å². The summed E-state index contributed by atoms with van der Waals surface area (Å²) in [4.78, 5) is 0. The van der Waals surface area contributed by atoms with Gasteiger partial charge in [-0.2, -0.15) is 5.10 Å². The van der Waals surface area contributed by atoms with Crippen molar-refractivity contribution in [1.29, 1.82) is 0 Å². The van der Waals surface area contributed by atoms with Crippen LogP contribution in [-0.2, 0) is 13.5 Å². The van der Waals surface area contributed by atoms with Gasteiger partial charge in [-0.15, -0.1) is 0 Å². The van der Waals surface area contributed by atoms with Gasteiger partial charge in [-0.3, -0.25) is 4.68 Å². The zero-order valence-corrected chi connectivity index (χ0v) is 11.5. The molecule has 0 saturated heterocycles. The fourth-order valence-corrected chi connectivity index (χ4v) is 2.30. The SMILES string of the molecule is Cc1ccc(Cl)cc1C(N)CCc1ccnn1C. The van der Waals surface area contributed by atoms with E-state index in [1.165, 1.54) is 11.3 Å². The summed E-state index contributed by atoms with van der Waals surface area (Å²) >= 11 is 6.02. The van der Waals surface area contributed by atoms with Crippen LogP contribution < -0.4 is 5.73 Å². The highest BCUT2D eigenvalue weighted by atomic mass is 35.5. The fourth-order valence-electron chi connectivity index (χ4n) is 2.12. The standard InChI is InChI=1S/C14H18ClN3/c1-10-3-4-11(15)9-13(10)14(16)6-5-12-7-8-17-18(12)2/h3-4,7-9,14H,5-6,16H2,1-2H3. The normalized spacial score (nSPS) is 12.7. The van der Waals surface area contributed by atoms with E-state index in [-0.39, 0.29) is 6.04 Å². The van der Waals surface area contributed by atoms with E-state index >= 15 is 0 Å². The van der Waals surface area contributed by atoms with Crippen molar-refractivity contribution in [3.8, 4) is 0 Å². The van der Waals surface area contributed by atoms with Crippen molar-refractivity contribution in [2.24, 2.45) is 12.8 Å². The lowest BCUT2D eigenvalue weighted by atomic mass is 9.97. The lowest BCUT2D eigenvalue weighted by Gasteiger charge is -2.15. The Morgan fingerprint density at radius 2 is 2.17 bits per heavy atom. The predicted molar refractivity (Wildman–Crippen MR) is 74.6 cm³/mol. The third-order valence-electron chi connectivity index (χ3n) is 3.27. The van der Waals surface area contributed by atoms with Crippen LogP contribution in [0.1, 0.15) is 29.3 Å². The number of nitrogens with zero attached hydrogens (tertiary/aromatic N) is 2. The fraction of sp³-hybridized carbons (Fsp3) is 0.357. The molecule has 0 saturated carbocycles. The van der Waals surface area contributed by atoms with Crippen molar-refractivity contribution < 1.29 is 0 Å². The molecule has 0 spiro atoms. The molecule has 1 unspecified atom stereocenters. The maximum atomic E-state index is 6.24. The van der Waals surface area contributed by atoms with Gasteiger partial charge in [0.1, 0.15) is 0 Å². The van der Waals surface area contributed by atoms with E-state index in [4.69, 9.17) is 17.3 Å². The topological polar surface area (TPSA) is 43.8 Å². The molecular weight excluding hydrogens is 246 g/mol. The summed E-state index contributed by atoms with van der Waals surface area (Å²) in [6, 6.07) is 7.91. The second-order valence-electron chi connectivity index (χ2n) is 4.59. The van der Waals surface area contributed by atoms with Gasteiger partial charge in [-0.25, -0.2) is 0 Å². The average Bonchev–Trinajstić information content (AvgIpc) is 2.75. The highest BCUT2D eigenvalue weighted by molar-refractivity contribution is 6.30. The van der Waals surface area contributed by atoms with Gasteiger partial charge in [-0.05, 0) is 49.1 Å². The molecule has 2 rings (SSSR count). The Labute approximate surface area is 113 Å². The summed E-state index contributed by atoms with van der Waals surface area (Å²) in [5.74, 6) is 0. The Balaban J connectivity index is 2.06. The molecule has 0 radical (unpaired) electrons. The lowest BCUT2D eigenvalue weighted by molar-refractivity contribution is 0.612. The molecule has 18 heavy (non-hydrogen) atoms. The first-order valence-corrected chi connectivity index (χ1v) is 6.44. The van der Waals surface area contributed by atoms with Crippen LogP contribution >= 0.6 is 11.6 Å². The molecule has 3 nitrogen and oxygen atoms in total. The van der Waals surface area contributed by atoms with E-state index in [2.05, 4.69) is 12.0 Å². The van der Waals surface area contributed by atoms with Gasteiger partial charge in [-0.1, -0.05) is 17.7 Å². The first-order chi connectivity index (χ1) is 8.58. The largest absolute Gasteiger partial charge is 0.324 e. The second-order valence-corrected chi connectivity index (χ2v) is 5.03. The second kappa shape index (κ2) is 5.55.